The Balaban J connectivity index is 0.00000200. The topological polar surface area (TPSA) is 50.4 Å². The van der Waals surface area contributed by atoms with Crippen molar-refractivity contribution in [2.45, 2.75) is 31.7 Å². The van der Waals surface area contributed by atoms with Crippen molar-refractivity contribution in [1.82, 2.24) is 10.6 Å². The molecular weight excluding hydrogens is 276 g/mol. The van der Waals surface area contributed by atoms with Crippen LogP contribution in [-0.4, -0.2) is 32.1 Å². The molecule has 0 bridgehead atoms. The summed E-state index contributed by atoms with van der Waals surface area (Å²) in [7, 11) is 1.64. The van der Waals surface area contributed by atoms with E-state index >= 15 is 0 Å². The number of amides is 1. The van der Waals surface area contributed by atoms with Gasteiger partial charge in [-0.15, -0.1) is 12.4 Å². The number of halogens is 1. The SMILES string of the molecule is COc1ccc(C(C)C(=O)N[C@H]2CCCNC2)cc1.Cl. The summed E-state index contributed by atoms with van der Waals surface area (Å²) in [6.07, 6.45) is 2.19. The van der Waals surface area contributed by atoms with Crippen molar-refractivity contribution in [3.8, 4) is 5.75 Å². The van der Waals surface area contributed by atoms with Crippen molar-refractivity contribution in [3.05, 3.63) is 29.8 Å². The summed E-state index contributed by atoms with van der Waals surface area (Å²) in [5.74, 6) is 0.777. The zero-order chi connectivity index (χ0) is 13.7. The van der Waals surface area contributed by atoms with Crippen LogP contribution in [0.1, 0.15) is 31.2 Å². The minimum atomic E-state index is -0.132. The average Bonchev–Trinajstić information content (AvgIpc) is 2.47. The third-order valence-electron chi connectivity index (χ3n) is 3.65. The Hall–Kier alpha value is -1.26. The number of hydrogen-bond acceptors (Lipinski definition) is 3. The number of piperidine rings is 1. The Morgan fingerprint density at radius 1 is 1.40 bits per heavy atom. The molecule has 4 nitrogen and oxygen atoms in total. The lowest BCUT2D eigenvalue weighted by molar-refractivity contribution is -0.123. The quantitative estimate of drug-likeness (QED) is 0.895. The molecule has 0 radical (unpaired) electrons. The maximum Gasteiger partial charge on any atom is 0.227 e. The second kappa shape index (κ2) is 8.12. The number of nitrogens with one attached hydrogen (secondary N) is 2. The van der Waals surface area contributed by atoms with Crippen LogP contribution in [0.15, 0.2) is 24.3 Å². The Morgan fingerprint density at radius 2 is 2.10 bits per heavy atom. The lowest BCUT2D eigenvalue weighted by Gasteiger charge is -2.25. The molecule has 1 aromatic rings. The van der Waals surface area contributed by atoms with Crippen LogP contribution >= 0.6 is 12.4 Å². The first-order chi connectivity index (χ1) is 9.20. The minimum Gasteiger partial charge on any atom is -0.497 e. The number of carbonyl (C=O) groups is 1. The van der Waals surface area contributed by atoms with Gasteiger partial charge in [-0.3, -0.25) is 4.79 Å². The second-order valence-corrected chi connectivity index (χ2v) is 5.05. The molecule has 1 aliphatic heterocycles. The number of benzene rings is 1. The molecule has 1 fully saturated rings. The molecule has 0 aromatic heterocycles. The lowest BCUT2D eigenvalue weighted by Crippen LogP contribution is -2.46. The molecule has 1 saturated heterocycles. The van der Waals surface area contributed by atoms with Gasteiger partial charge in [-0.1, -0.05) is 12.1 Å². The monoisotopic (exact) mass is 298 g/mol. The molecule has 1 aromatic carbocycles. The van der Waals surface area contributed by atoms with E-state index in [1.54, 1.807) is 7.11 Å². The fourth-order valence-corrected chi connectivity index (χ4v) is 2.35. The fraction of sp³-hybridized carbons (Fsp3) is 0.533. The van der Waals surface area contributed by atoms with E-state index < -0.39 is 0 Å². The van der Waals surface area contributed by atoms with Crippen LogP contribution < -0.4 is 15.4 Å². The van der Waals surface area contributed by atoms with Gasteiger partial charge in [-0.25, -0.2) is 0 Å². The fourth-order valence-electron chi connectivity index (χ4n) is 2.35. The van der Waals surface area contributed by atoms with Crippen molar-refractivity contribution >= 4 is 18.3 Å². The summed E-state index contributed by atoms with van der Waals surface area (Å²) >= 11 is 0. The summed E-state index contributed by atoms with van der Waals surface area (Å²) in [5.41, 5.74) is 1.02. The first-order valence-electron chi connectivity index (χ1n) is 6.85. The highest BCUT2D eigenvalue weighted by molar-refractivity contribution is 5.85. The number of hydrogen-bond donors (Lipinski definition) is 2. The number of methoxy groups -OCH3 is 1. The highest BCUT2D eigenvalue weighted by Crippen LogP contribution is 2.19. The van der Waals surface area contributed by atoms with Crippen LogP contribution in [0.3, 0.4) is 0 Å². The van der Waals surface area contributed by atoms with Gasteiger partial charge >= 0.3 is 0 Å². The molecule has 1 amide bonds. The highest BCUT2D eigenvalue weighted by atomic mass is 35.5. The standard InChI is InChI=1S/C15H22N2O2.ClH/c1-11(12-5-7-14(19-2)8-6-12)15(18)17-13-4-3-9-16-10-13;/h5-8,11,13,16H,3-4,9-10H2,1-2H3,(H,17,18);1H/t11?,13-;/m0./s1. The van der Waals surface area contributed by atoms with Crippen LogP contribution in [0.4, 0.5) is 0 Å². The van der Waals surface area contributed by atoms with E-state index in [1.165, 1.54) is 0 Å². The van der Waals surface area contributed by atoms with Crippen LogP contribution in [0.5, 0.6) is 5.75 Å². The summed E-state index contributed by atoms with van der Waals surface area (Å²) in [5, 5.41) is 6.42. The zero-order valence-corrected chi connectivity index (χ0v) is 12.8. The third kappa shape index (κ3) is 4.39. The summed E-state index contributed by atoms with van der Waals surface area (Å²) in [4.78, 5) is 12.2. The molecule has 2 atom stereocenters. The molecule has 1 heterocycles. The van der Waals surface area contributed by atoms with Crippen molar-refractivity contribution in [2.75, 3.05) is 20.2 Å². The van der Waals surface area contributed by atoms with Crippen molar-refractivity contribution in [1.29, 1.82) is 0 Å². The molecule has 5 heteroatoms. The van der Waals surface area contributed by atoms with E-state index in [-0.39, 0.29) is 30.3 Å². The summed E-state index contributed by atoms with van der Waals surface area (Å²) < 4.78 is 5.12. The van der Waals surface area contributed by atoms with Crippen LogP contribution in [0, 0.1) is 0 Å². The Kier molecular flexibility index (Phi) is 6.82. The Labute approximate surface area is 126 Å². The average molecular weight is 299 g/mol. The predicted molar refractivity (Wildman–Crippen MR) is 82.7 cm³/mol. The van der Waals surface area contributed by atoms with Gasteiger partial charge in [0.25, 0.3) is 0 Å². The summed E-state index contributed by atoms with van der Waals surface area (Å²) in [6.45, 7) is 3.87. The van der Waals surface area contributed by atoms with Gasteiger partial charge in [0.1, 0.15) is 5.75 Å². The van der Waals surface area contributed by atoms with Crippen LogP contribution in [0.2, 0.25) is 0 Å². The van der Waals surface area contributed by atoms with Gasteiger partial charge in [0, 0.05) is 12.6 Å². The van der Waals surface area contributed by atoms with Gasteiger partial charge in [0.05, 0.1) is 13.0 Å². The first-order valence-corrected chi connectivity index (χ1v) is 6.85. The largest absolute Gasteiger partial charge is 0.497 e. The maximum absolute atomic E-state index is 12.2. The van der Waals surface area contributed by atoms with E-state index in [4.69, 9.17) is 4.74 Å². The van der Waals surface area contributed by atoms with Gasteiger partial charge in [0.15, 0.2) is 0 Å². The number of ether oxygens (including phenoxy) is 1. The Bertz CT molecular complexity index is 416. The summed E-state index contributed by atoms with van der Waals surface area (Å²) in [6, 6.07) is 7.94. The van der Waals surface area contributed by atoms with Crippen molar-refractivity contribution < 1.29 is 9.53 Å². The van der Waals surface area contributed by atoms with E-state index in [0.29, 0.717) is 0 Å². The Morgan fingerprint density at radius 3 is 2.65 bits per heavy atom. The normalized spacial score (nSPS) is 19.6. The van der Waals surface area contributed by atoms with Crippen LogP contribution in [-0.2, 0) is 4.79 Å². The van der Waals surface area contributed by atoms with E-state index in [0.717, 1.165) is 37.2 Å². The molecule has 0 aliphatic carbocycles. The first kappa shape index (κ1) is 16.8. The molecule has 0 spiro atoms. The number of carbonyl (C=O) groups excluding carboxylic acids is 1. The van der Waals surface area contributed by atoms with E-state index in [1.807, 2.05) is 31.2 Å². The smallest absolute Gasteiger partial charge is 0.227 e. The van der Waals surface area contributed by atoms with E-state index in [9.17, 15) is 4.79 Å². The number of rotatable bonds is 4. The maximum atomic E-state index is 12.2. The molecular formula is C15H23ClN2O2. The molecule has 1 aliphatic rings. The third-order valence-corrected chi connectivity index (χ3v) is 3.65. The molecule has 2 N–H and O–H groups in total. The minimum absolute atomic E-state index is 0. The highest BCUT2D eigenvalue weighted by Gasteiger charge is 2.20. The lowest BCUT2D eigenvalue weighted by atomic mass is 9.99. The predicted octanol–water partition coefficient (Wildman–Crippen LogP) is 2.09. The van der Waals surface area contributed by atoms with Gasteiger partial charge in [-0.05, 0) is 44.0 Å². The van der Waals surface area contributed by atoms with Crippen molar-refractivity contribution in [2.24, 2.45) is 0 Å². The zero-order valence-electron chi connectivity index (χ0n) is 12.0. The van der Waals surface area contributed by atoms with Crippen LogP contribution in [0.25, 0.3) is 0 Å². The molecule has 1 unspecified atom stereocenters. The van der Waals surface area contributed by atoms with Gasteiger partial charge in [-0.2, -0.15) is 0 Å². The molecule has 2 rings (SSSR count). The molecule has 0 saturated carbocycles. The van der Waals surface area contributed by atoms with Crippen molar-refractivity contribution in [3.63, 3.8) is 0 Å². The molecule has 112 valence electrons. The van der Waals surface area contributed by atoms with Gasteiger partial charge in [0.2, 0.25) is 5.91 Å². The molecule has 20 heavy (non-hydrogen) atoms. The van der Waals surface area contributed by atoms with Gasteiger partial charge < -0.3 is 15.4 Å². The second-order valence-electron chi connectivity index (χ2n) is 5.05. The van der Waals surface area contributed by atoms with E-state index in [2.05, 4.69) is 10.6 Å².